The number of nitrogens with one attached hydrogen (secondary N) is 2. The van der Waals surface area contributed by atoms with Gasteiger partial charge in [-0.25, -0.2) is 4.39 Å². The van der Waals surface area contributed by atoms with E-state index in [-0.39, 0.29) is 17.6 Å². The number of nitrogens with zero attached hydrogens (tertiary/aromatic N) is 1. The van der Waals surface area contributed by atoms with Gasteiger partial charge in [0.2, 0.25) is 5.91 Å². The van der Waals surface area contributed by atoms with Gasteiger partial charge in [-0.05, 0) is 62.9 Å². The number of carbonyl (C=O) groups is 1. The van der Waals surface area contributed by atoms with Crippen LogP contribution < -0.4 is 15.5 Å². The average Bonchev–Trinajstić information content (AvgIpc) is 3.02. The minimum atomic E-state index is -0.201. The Kier molecular flexibility index (Phi) is 5.16. The van der Waals surface area contributed by atoms with E-state index < -0.39 is 0 Å². The summed E-state index contributed by atoms with van der Waals surface area (Å²) in [6.45, 7) is 5.71. The molecule has 0 spiro atoms. The molecule has 0 bridgehead atoms. The third kappa shape index (κ3) is 4.22. The van der Waals surface area contributed by atoms with Crippen LogP contribution in [0.4, 0.5) is 10.1 Å². The summed E-state index contributed by atoms with van der Waals surface area (Å²) in [5.41, 5.74) is 1.06. The predicted molar refractivity (Wildman–Crippen MR) is 89.9 cm³/mol. The topological polar surface area (TPSA) is 44.4 Å². The number of halogens is 1. The zero-order chi connectivity index (χ0) is 16.2. The molecule has 2 saturated heterocycles. The maximum absolute atomic E-state index is 13.0. The lowest BCUT2D eigenvalue weighted by Crippen LogP contribution is -2.43. The first-order valence-corrected chi connectivity index (χ1v) is 8.63. The van der Waals surface area contributed by atoms with Crippen molar-refractivity contribution in [2.24, 2.45) is 11.8 Å². The molecule has 0 saturated carbocycles. The van der Waals surface area contributed by atoms with E-state index in [0.29, 0.717) is 12.0 Å². The van der Waals surface area contributed by atoms with E-state index in [1.807, 2.05) is 12.1 Å². The number of hydrogen-bond donors (Lipinski definition) is 2. The molecule has 5 heteroatoms. The van der Waals surface area contributed by atoms with Gasteiger partial charge in [-0.15, -0.1) is 0 Å². The van der Waals surface area contributed by atoms with Crippen LogP contribution in [0.5, 0.6) is 0 Å². The van der Waals surface area contributed by atoms with Gasteiger partial charge in [0.25, 0.3) is 0 Å². The Hall–Kier alpha value is -1.62. The van der Waals surface area contributed by atoms with E-state index in [1.165, 1.54) is 12.1 Å². The molecule has 126 valence electrons. The quantitative estimate of drug-likeness (QED) is 0.894. The lowest BCUT2D eigenvalue weighted by molar-refractivity contribution is -0.126. The van der Waals surface area contributed by atoms with Crippen molar-refractivity contribution in [1.29, 1.82) is 0 Å². The molecule has 1 aromatic rings. The average molecular weight is 319 g/mol. The molecule has 23 heavy (non-hydrogen) atoms. The second kappa shape index (κ2) is 7.30. The lowest BCUT2D eigenvalue weighted by atomic mass is 9.92. The molecule has 1 aromatic carbocycles. The van der Waals surface area contributed by atoms with Gasteiger partial charge in [-0.2, -0.15) is 0 Å². The van der Waals surface area contributed by atoms with Crippen LogP contribution in [0.2, 0.25) is 0 Å². The molecular formula is C18H26FN3O. The molecule has 2 fully saturated rings. The summed E-state index contributed by atoms with van der Waals surface area (Å²) in [5.74, 6) is 0.635. The summed E-state index contributed by atoms with van der Waals surface area (Å²) in [7, 11) is 0. The first-order valence-electron chi connectivity index (χ1n) is 8.63. The van der Waals surface area contributed by atoms with E-state index >= 15 is 0 Å². The van der Waals surface area contributed by atoms with Crippen LogP contribution in [-0.2, 0) is 4.79 Å². The molecular weight excluding hydrogens is 293 g/mol. The highest BCUT2D eigenvalue weighted by Crippen LogP contribution is 2.24. The number of amides is 1. The summed E-state index contributed by atoms with van der Waals surface area (Å²) in [5, 5.41) is 6.52. The van der Waals surface area contributed by atoms with E-state index in [1.54, 1.807) is 0 Å². The molecule has 2 heterocycles. The minimum absolute atomic E-state index is 0.154. The monoisotopic (exact) mass is 319 g/mol. The standard InChI is InChI=1S/C18H26FN3O/c1-13-10-15(6-8-20-13)18(23)21-11-14-7-9-22(12-14)17-4-2-16(19)3-5-17/h2-5,13-15,20H,6-12H2,1H3,(H,21,23)/t13-,14?,15-/m0/s1. The van der Waals surface area contributed by atoms with Gasteiger partial charge >= 0.3 is 0 Å². The van der Waals surface area contributed by atoms with Gasteiger partial charge in [0.15, 0.2) is 0 Å². The van der Waals surface area contributed by atoms with Crippen LogP contribution in [0.3, 0.4) is 0 Å². The van der Waals surface area contributed by atoms with E-state index in [9.17, 15) is 9.18 Å². The van der Waals surface area contributed by atoms with Crippen molar-refractivity contribution in [1.82, 2.24) is 10.6 Å². The fourth-order valence-corrected chi connectivity index (χ4v) is 3.65. The Morgan fingerprint density at radius 1 is 1.35 bits per heavy atom. The highest BCUT2D eigenvalue weighted by atomic mass is 19.1. The van der Waals surface area contributed by atoms with Crippen LogP contribution >= 0.6 is 0 Å². The minimum Gasteiger partial charge on any atom is -0.371 e. The molecule has 4 nitrogen and oxygen atoms in total. The Labute approximate surface area is 137 Å². The highest BCUT2D eigenvalue weighted by molar-refractivity contribution is 5.78. The molecule has 2 aliphatic heterocycles. The molecule has 2 aliphatic rings. The van der Waals surface area contributed by atoms with Gasteiger partial charge in [-0.1, -0.05) is 0 Å². The van der Waals surface area contributed by atoms with Gasteiger partial charge in [-0.3, -0.25) is 4.79 Å². The summed E-state index contributed by atoms with van der Waals surface area (Å²) < 4.78 is 13.0. The first-order chi connectivity index (χ1) is 11.1. The Bertz CT molecular complexity index is 534. The highest BCUT2D eigenvalue weighted by Gasteiger charge is 2.27. The van der Waals surface area contributed by atoms with Crippen LogP contribution in [0, 0.1) is 17.7 Å². The van der Waals surface area contributed by atoms with Gasteiger partial charge in [0, 0.05) is 37.3 Å². The normalized spacial score (nSPS) is 27.9. The predicted octanol–water partition coefficient (Wildman–Crippen LogP) is 2.16. The molecule has 3 rings (SSSR count). The van der Waals surface area contributed by atoms with Crippen molar-refractivity contribution in [3.05, 3.63) is 30.1 Å². The number of anilines is 1. The third-order valence-electron chi connectivity index (χ3n) is 5.04. The van der Waals surface area contributed by atoms with E-state index in [2.05, 4.69) is 22.5 Å². The summed E-state index contributed by atoms with van der Waals surface area (Å²) in [6, 6.07) is 7.09. The molecule has 1 amide bonds. The molecule has 1 unspecified atom stereocenters. The number of benzene rings is 1. The molecule has 0 aliphatic carbocycles. The van der Waals surface area contributed by atoms with Gasteiger partial charge in [0.05, 0.1) is 0 Å². The maximum Gasteiger partial charge on any atom is 0.223 e. The van der Waals surface area contributed by atoms with Gasteiger partial charge in [0.1, 0.15) is 5.82 Å². The van der Waals surface area contributed by atoms with Crippen LogP contribution in [0.1, 0.15) is 26.2 Å². The van der Waals surface area contributed by atoms with E-state index in [0.717, 1.165) is 51.1 Å². The summed E-state index contributed by atoms with van der Waals surface area (Å²) in [4.78, 5) is 14.6. The van der Waals surface area contributed by atoms with E-state index in [4.69, 9.17) is 0 Å². The first kappa shape index (κ1) is 16.2. The largest absolute Gasteiger partial charge is 0.371 e. The molecule has 0 radical (unpaired) electrons. The molecule has 2 N–H and O–H groups in total. The number of carbonyl (C=O) groups excluding carboxylic acids is 1. The Morgan fingerprint density at radius 2 is 2.13 bits per heavy atom. The zero-order valence-corrected chi connectivity index (χ0v) is 13.7. The lowest BCUT2D eigenvalue weighted by Gasteiger charge is -2.27. The number of rotatable bonds is 4. The van der Waals surface area contributed by atoms with Crippen LogP contribution in [0.25, 0.3) is 0 Å². The van der Waals surface area contributed by atoms with Gasteiger partial charge < -0.3 is 15.5 Å². The number of hydrogen-bond acceptors (Lipinski definition) is 3. The molecule has 0 aromatic heterocycles. The Morgan fingerprint density at radius 3 is 2.87 bits per heavy atom. The molecule has 3 atom stereocenters. The smallest absolute Gasteiger partial charge is 0.223 e. The van der Waals surface area contributed by atoms with Crippen molar-refractivity contribution in [3.63, 3.8) is 0 Å². The van der Waals surface area contributed by atoms with Crippen molar-refractivity contribution in [2.75, 3.05) is 31.1 Å². The second-order valence-corrected chi connectivity index (χ2v) is 6.90. The fraction of sp³-hybridized carbons (Fsp3) is 0.611. The van der Waals surface area contributed by atoms with Crippen molar-refractivity contribution in [3.8, 4) is 0 Å². The Balaban J connectivity index is 1.45. The van der Waals surface area contributed by atoms with Crippen molar-refractivity contribution in [2.45, 2.75) is 32.2 Å². The summed E-state index contributed by atoms with van der Waals surface area (Å²) >= 11 is 0. The third-order valence-corrected chi connectivity index (χ3v) is 5.04. The summed E-state index contributed by atoms with van der Waals surface area (Å²) in [6.07, 6.45) is 2.93. The second-order valence-electron chi connectivity index (χ2n) is 6.90. The van der Waals surface area contributed by atoms with Crippen molar-refractivity contribution < 1.29 is 9.18 Å². The maximum atomic E-state index is 13.0. The number of piperidine rings is 1. The SMILES string of the molecule is C[C@H]1C[C@@H](C(=O)NCC2CCN(c3ccc(F)cc3)C2)CCN1. The fourth-order valence-electron chi connectivity index (χ4n) is 3.65. The van der Waals surface area contributed by atoms with Crippen LogP contribution in [-0.4, -0.2) is 38.1 Å². The zero-order valence-electron chi connectivity index (χ0n) is 13.7. The van der Waals surface area contributed by atoms with Crippen LogP contribution in [0.15, 0.2) is 24.3 Å². The van der Waals surface area contributed by atoms with Crippen molar-refractivity contribution >= 4 is 11.6 Å².